The van der Waals surface area contributed by atoms with Gasteiger partial charge in [-0.05, 0) is 72.8 Å². The Morgan fingerprint density at radius 2 is 1.94 bits per heavy atom. The number of carbonyl (C=O) groups excluding carboxylic acids is 1. The van der Waals surface area contributed by atoms with Gasteiger partial charge in [-0.15, -0.1) is 6.58 Å². The number of phenols is 1. The Hall–Kier alpha value is -3.15. The number of phenolic OH excluding ortho intramolecular Hbond substituents is 1. The topological polar surface area (TPSA) is 53.0 Å². The van der Waals surface area contributed by atoms with E-state index in [9.17, 15) is 9.90 Å². The van der Waals surface area contributed by atoms with Gasteiger partial charge in [-0.2, -0.15) is 0 Å². The second-order valence-corrected chi connectivity index (χ2v) is 10.5. The average molecular weight is 485 g/mol. The van der Waals surface area contributed by atoms with Crippen molar-refractivity contribution in [2.24, 2.45) is 0 Å². The Kier molecular flexibility index (Phi) is 6.62. The molecule has 36 heavy (non-hydrogen) atoms. The van der Waals surface area contributed by atoms with Gasteiger partial charge in [0.1, 0.15) is 5.75 Å². The molecule has 0 aromatic heterocycles. The van der Waals surface area contributed by atoms with Crippen LogP contribution in [0.5, 0.6) is 5.75 Å². The fourth-order valence-electron chi connectivity index (χ4n) is 6.73. The predicted molar refractivity (Wildman–Crippen MR) is 144 cm³/mol. The van der Waals surface area contributed by atoms with Gasteiger partial charge in [-0.3, -0.25) is 9.69 Å². The van der Waals surface area contributed by atoms with Gasteiger partial charge in [0.15, 0.2) is 0 Å². The van der Waals surface area contributed by atoms with Crippen molar-refractivity contribution >= 4 is 16.7 Å². The van der Waals surface area contributed by atoms with Crippen molar-refractivity contribution in [1.82, 2.24) is 9.80 Å². The molecule has 0 radical (unpaired) electrons. The zero-order valence-electron chi connectivity index (χ0n) is 21.3. The highest BCUT2D eigenvalue weighted by Crippen LogP contribution is 2.54. The molecule has 1 aliphatic heterocycles. The van der Waals surface area contributed by atoms with Crippen LogP contribution in [0.4, 0.5) is 0 Å². The molecule has 3 atom stereocenters. The molecule has 0 bridgehead atoms. The number of hydrogen-bond acceptors (Lipinski definition) is 4. The van der Waals surface area contributed by atoms with Gasteiger partial charge in [-0.25, -0.2) is 0 Å². The molecule has 2 fully saturated rings. The Labute approximate surface area is 214 Å². The van der Waals surface area contributed by atoms with E-state index in [2.05, 4.69) is 23.6 Å². The number of benzene rings is 3. The van der Waals surface area contributed by atoms with Gasteiger partial charge in [0.2, 0.25) is 0 Å². The summed E-state index contributed by atoms with van der Waals surface area (Å²) in [6, 6.07) is 21.8. The van der Waals surface area contributed by atoms with E-state index in [1.807, 2.05) is 73.7 Å². The molecule has 1 heterocycles. The van der Waals surface area contributed by atoms with E-state index in [0.717, 1.165) is 61.7 Å². The van der Waals surface area contributed by atoms with E-state index in [4.69, 9.17) is 4.74 Å². The molecule has 1 aliphatic carbocycles. The van der Waals surface area contributed by atoms with Crippen molar-refractivity contribution in [3.05, 3.63) is 90.5 Å². The Balaban J connectivity index is 1.49. The third-order valence-corrected chi connectivity index (χ3v) is 8.71. The zero-order chi connectivity index (χ0) is 25.3. The van der Waals surface area contributed by atoms with E-state index in [1.165, 1.54) is 0 Å². The molecule has 5 nitrogen and oxygen atoms in total. The second-order valence-electron chi connectivity index (χ2n) is 10.5. The molecule has 5 rings (SSSR count). The van der Waals surface area contributed by atoms with Crippen LogP contribution in [-0.4, -0.2) is 66.2 Å². The monoisotopic (exact) mass is 484 g/mol. The lowest BCUT2D eigenvalue weighted by Gasteiger charge is -2.60. The van der Waals surface area contributed by atoms with Gasteiger partial charge in [0, 0.05) is 44.3 Å². The van der Waals surface area contributed by atoms with Crippen LogP contribution in [0.15, 0.2) is 79.4 Å². The Bertz CT molecular complexity index is 1270. The lowest BCUT2D eigenvalue weighted by atomic mass is 9.55. The molecule has 1 amide bonds. The maximum absolute atomic E-state index is 13.7. The number of fused-ring (bicyclic) bond motifs is 2. The summed E-state index contributed by atoms with van der Waals surface area (Å²) in [6.45, 7) is 6.49. The maximum Gasteiger partial charge on any atom is 0.253 e. The predicted octanol–water partition coefficient (Wildman–Crippen LogP) is 5.38. The van der Waals surface area contributed by atoms with Crippen molar-refractivity contribution < 1.29 is 14.6 Å². The lowest BCUT2D eigenvalue weighted by molar-refractivity contribution is -0.151. The molecule has 3 aromatic rings. The number of likely N-dealkylation sites (tertiary alicyclic amines) is 1. The molecule has 1 saturated carbocycles. The van der Waals surface area contributed by atoms with Gasteiger partial charge in [0.25, 0.3) is 5.91 Å². The molecule has 0 spiro atoms. The number of carbonyl (C=O) groups is 1. The first kappa shape index (κ1) is 24.5. The third kappa shape index (κ3) is 4.10. The molecular weight excluding hydrogens is 448 g/mol. The number of piperidine rings is 1. The Morgan fingerprint density at radius 1 is 1.14 bits per heavy atom. The van der Waals surface area contributed by atoms with Crippen LogP contribution < -0.4 is 0 Å². The molecule has 0 unspecified atom stereocenters. The number of aromatic hydroxyl groups is 1. The molecule has 2 aliphatic rings. The van der Waals surface area contributed by atoms with Crippen LogP contribution >= 0.6 is 0 Å². The van der Waals surface area contributed by atoms with Crippen LogP contribution in [0.3, 0.4) is 0 Å². The largest absolute Gasteiger partial charge is 0.508 e. The van der Waals surface area contributed by atoms with Crippen molar-refractivity contribution in [2.45, 2.75) is 42.7 Å². The van der Waals surface area contributed by atoms with E-state index < -0.39 is 5.60 Å². The van der Waals surface area contributed by atoms with Crippen molar-refractivity contribution in [1.29, 1.82) is 0 Å². The van der Waals surface area contributed by atoms with E-state index in [0.29, 0.717) is 5.56 Å². The highest BCUT2D eigenvalue weighted by Gasteiger charge is 2.59. The molecule has 3 aromatic carbocycles. The van der Waals surface area contributed by atoms with Gasteiger partial charge in [-0.1, -0.05) is 48.5 Å². The minimum absolute atomic E-state index is 0.0471. The van der Waals surface area contributed by atoms with E-state index >= 15 is 0 Å². The summed E-state index contributed by atoms with van der Waals surface area (Å²) in [5, 5.41) is 12.6. The number of hydrogen-bond donors (Lipinski definition) is 1. The third-order valence-electron chi connectivity index (χ3n) is 8.71. The van der Waals surface area contributed by atoms with Crippen molar-refractivity contribution in [2.75, 3.05) is 33.8 Å². The quantitative estimate of drug-likeness (QED) is 0.477. The van der Waals surface area contributed by atoms with Crippen LogP contribution in [0.1, 0.15) is 41.6 Å². The summed E-state index contributed by atoms with van der Waals surface area (Å²) in [5.74, 6) is 0.314. The summed E-state index contributed by atoms with van der Waals surface area (Å²) in [6.07, 6.45) is 5.35. The molecular formula is C31H36N2O3. The first-order valence-electron chi connectivity index (χ1n) is 12.9. The van der Waals surface area contributed by atoms with Gasteiger partial charge in [0.05, 0.1) is 5.60 Å². The SMILES string of the molecule is C=CCN1CC[C@@]2(c3cccc(O)c3)C[C@@H](N(C)C(=O)c3ccc4ccccc4c3)CC[C@]2(OC)C1. The summed E-state index contributed by atoms with van der Waals surface area (Å²) in [5.41, 5.74) is 1.11. The van der Waals surface area contributed by atoms with E-state index in [-0.39, 0.29) is 23.1 Å². The number of rotatable bonds is 6. The number of ether oxygens (including phenoxy) is 1. The maximum atomic E-state index is 13.7. The smallest absolute Gasteiger partial charge is 0.253 e. The standard InChI is InChI=1S/C31H36N2O3/c1-4-17-33-18-16-30(26-10-7-11-28(34)20-26)21-27(14-15-31(30,22-33)36-3)32(2)29(35)25-13-12-23-8-5-6-9-24(23)19-25/h4-13,19-20,27,34H,1,14-18,21-22H2,2-3H3/t27-,30-,31-/m0/s1. The number of methoxy groups -OCH3 is 1. The highest BCUT2D eigenvalue weighted by atomic mass is 16.5. The second kappa shape index (κ2) is 9.72. The van der Waals surface area contributed by atoms with Gasteiger partial charge < -0.3 is 14.7 Å². The van der Waals surface area contributed by atoms with Crippen molar-refractivity contribution in [3.8, 4) is 5.75 Å². The minimum Gasteiger partial charge on any atom is -0.508 e. The number of amides is 1. The average Bonchev–Trinajstić information content (AvgIpc) is 2.91. The lowest BCUT2D eigenvalue weighted by Crippen LogP contribution is -2.68. The Morgan fingerprint density at radius 3 is 2.69 bits per heavy atom. The zero-order valence-corrected chi connectivity index (χ0v) is 21.3. The van der Waals surface area contributed by atoms with E-state index in [1.54, 1.807) is 6.07 Å². The minimum atomic E-state index is -0.397. The van der Waals surface area contributed by atoms with Crippen LogP contribution in [-0.2, 0) is 10.2 Å². The molecule has 1 N–H and O–H groups in total. The fraction of sp³-hybridized carbons (Fsp3) is 0.387. The van der Waals surface area contributed by atoms with Crippen LogP contribution in [0, 0.1) is 0 Å². The summed E-state index contributed by atoms with van der Waals surface area (Å²) >= 11 is 0. The van der Waals surface area contributed by atoms with Crippen LogP contribution in [0.2, 0.25) is 0 Å². The number of nitrogens with zero attached hydrogens (tertiary/aromatic N) is 2. The molecule has 188 valence electrons. The van der Waals surface area contributed by atoms with Crippen LogP contribution in [0.25, 0.3) is 10.8 Å². The first-order valence-corrected chi connectivity index (χ1v) is 12.9. The molecule has 1 saturated heterocycles. The highest BCUT2D eigenvalue weighted by molar-refractivity contribution is 5.98. The van der Waals surface area contributed by atoms with Gasteiger partial charge >= 0.3 is 0 Å². The molecule has 5 heteroatoms. The normalized spacial score (nSPS) is 26.3. The fourth-order valence-corrected chi connectivity index (χ4v) is 6.73. The summed E-state index contributed by atoms with van der Waals surface area (Å²) in [4.78, 5) is 18.0. The summed E-state index contributed by atoms with van der Waals surface area (Å²) < 4.78 is 6.42. The summed E-state index contributed by atoms with van der Waals surface area (Å²) in [7, 11) is 3.75. The van der Waals surface area contributed by atoms with Crippen molar-refractivity contribution in [3.63, 3.8) is 0 Å². The first-order chi connectivity index (χ1) is 17.4.